The Morgan fingerprint density at radius 3 is 2.75 bits per heavy atom. The highest BCUT2D eigenvalue weighted by molar-refractivity contribution is 5.85. The van der Waals surface area contributed by atoms with Crippen LogP contribution in [0.5, 0.6) is 0 Å². The first-order chi connectivity index (χ1) is 9.47. The summed E-state index contributed by atoms with van der Waals surface area (Å²) in [5, 5.41) is 8.53. The predicted octanol–water partition coefficient (Wildman–Crippen LogP) is 1.20. The first-order valence-corrected chi connectivity index (χ1v) is 6.17. The van der Waals surface area contributed by atoms with Gasteiger partial charge in [0.15, 0.2) is 0 Å². The van der Waals surface area contributed by atoms with E-state index in [-0.39, 0.29) is 12.5 Å². The molecule has 1 aromatic carbocycles. The highest BCUT2D eigenvalue weighted by Gasteiger charge is 2.22. The molecule has 1 aliphatic rings. The molecule has 5 nitrogen and oxygen atoms in total. The molecular formula is C14H15FN2O3. The lowest BCUT2D eigenvalue weighted by Crippen LogP contribution is -2.48. The van der Waals surface area contributed by atoms with Crippen molar-refractivity contribution in [2.75, 3.05) is 31.6 Å². The third-order valence-corrected chi connectivity index (χ3v) is 3.19. The molecule has 2 rings (SSSR count). The first kappa shape index (κ1) is 14.0. The maximum absolute atomic E-state index is 14.0. The van der Waals surface area contributed by atoms with Crippen LogP contribution in [0.4, 0.5) is 10.1 Å². The number of piperazine rings is 1. The van der Waals surface area contributed by atoms with E-state index in [9.17, 15) is 14.0 Å². The fraction of sp³-hybridized carbons (Fsp3) is 0.286. The number of likely N-dealkylation sites (N-methyl/N-ethyl adjacent to an activating group) is 1. The minimum absolute atomic E-state index is 0.0505. The molecule has 6 heteroatoms. The number of hydrogen-bond acceptors (Lipinski definition) is 3. The van der Waals surface area contributed by atoms with E-state index in [1.165, 1.54) is 12.1 Å². The zero-order chi connectivity index (χ0) is 14.7. The van der Waals surface area contributed by atoms with Gasteiger partial charge < -0.3 is 14.9 Å². The zero-order valence-electron chi connectivity index (χ0n) is 11.0. The quantitative estimate of drug-likeness (QED) is 0.844. The van der Waals surface area contributed by atoms with Gasteiger partial charge in [0.1, 0.15) is 5.82 Å². The molecule has 1 aromatic rings. The number of carboxylic acids is 1. The third kappa shape index (κ3) is 3.14. The Kier molecular flexibility index (Phi) is 4.02. The molecule has 106 valence electrons. The largest absolute Gasteiger partial charge is 0.478 e. The topological polar surface area (TPSA) is 60.9 Å². The number of aliphatic carboxylic acids is 1. The van der Waals surface area contributed by atoms with Gasteiger partial charge in [-0.2, -0.15) is 0 Å². The first-order valence-electron chi connectivity index (χ1n) is 6.17. The van der Waals surface area contributed by atoms with Crippen LogP contribution in [0.2, 0.25) is 0 Å². The molecule has 20 heavy (non-hydrogen) atoms. The minimum atomic E-state index is -1.08. The average molecular weight is 278 g/mol. The summed E-state index contributed by atoms with van der Waals surface area (Å²) < 4.78 is 14.0. The molecule has 1 N–H and O–H groups in total. The van der Waals surface area contributed by atoms with Crippen molar-refractivity contribution in [1.29, 1.82) is 0 Å². The summed E-state index contributed by atoms with van der Waals surface area (Å²) in [4.78, 5) is 25.3. The fourth-order valence-electron chi connectivity index (χ4n) is 2.01. The number of halogens is 1. The number of rotatable bonds is 3. The van der Waals surface area contributed by atoms with Crippen LogP contribution in [0.3, 0.4) is 0 Å². The summed E-state index contributed by atoms with van der Waals surface area (Å²) in [6, 6.07) is 4.45. The van der Waals surface area contributed by atoms with E-state index < -0.39 is 11.8 Å². The standard InChI is InChI=1S/C14H15FN2O3/c1-16-6-7-17(9-13(16)18)12-4-2-10(8-11(12)15)3-5-14(19)20/h2-5,8H,6-7,9H2,1H3,(H,19,20). The number of carbonyl (C=O) groups excluding carboxylic acids is 1. The van der Waals surface area contributed by atoms with Gasteiger partial charge in [0.25, 0.3) is 0 Å². The van der Waals surface area contributed by atoms with Gasteiger partial charge in [0.05, 0.1) is 12.2 Å². The molecule has 1 aliphatic heterocycles. The van der Waals surface area contributed by atoms with E-state index >= 15 is 0 Å². The van der Waals surface area contributed by atoms with Gasteiger partial charge in [-0.1, -0.05) is 6.07 Å². The molecule has 0 radical (unpaired) electrons. The van der Waals surface area contributed by atoms with Crippen molar-refractivity contribution < 1.29 is 19.1 Å². The number of benzene rings is 1. The van der Waals surface area contributed by atoms with E-state index in [1.807, 2.05) is 0 Å². The van der Waals surface area contributed by atoms with Gasteiger partial charge in [0, 0.05) is 26.2 Å². The van der Waals surface area contributed by atoms with E-state index in [1.54, 1.807) is 29.0 Å². The van der Waals surface area contributed by atoms with Crippen LogP contribution in [0.25, 0.3) is 6.08 Å². The smallest absolute Gasteiger partial charge is 0.328 e. The summed E-state index contributed by atoms with van der Waals surface area (Å²) in [6.45, 7) is 1.28. The fourth-order valence-corrected chi connectivity index (χ4v) is 2.01. The van der Waals surface area contributed by atoms with Gasteiger partial charge in [-0.25, -0.2) is 9.18 Å². The van der Waals surface area contributed by atoms with E-state index in [2.05, 4.69) is 0 Å². The molecule has 0 unspecified atom stereocenters. The zero-order valence-corrected chi connectivity index (χ0v) is 11.0. The molecule has 0 aromatic heterocycles. The van der Waals surface area contributed by atoms with Crippen LogP contribution >= 0.6 is 0 Å². The van der Waals surface area contributed by atoms with Crippen LogP contribution < -0.4 is 4.90 Å². The number of carbonyl (C=O) groups is 2. The van der Waals surface area contributed by atoms with Crippen molar-refractivity contribution in [2.24, 2.45) is 0 Å². The number of carboxylic acid groups (broad SMARTS) is 1. The van der Waals surface area contributed by atoms with Gasteiger partial charge in [-0.3, -0.25) is 4.79 Å². The van der Waals surface area contributed by atoms with Gasteiger partial charge in [-0.05, 0) is 23.8 Å². The summed E-state index contributed by atoms with van der Waals surface area (Å²) in [5.41, 5.74) is 0.827. The molecule has 0 saturated carbocycles. The highest BCUT2D eigenvalue weighted by Crippen LogP contribution is 2.22. The van der Waals surface area contributed by atoms with Gasteiger partial charge >= 0.3 is 5.97 Å². The minimum Gasteiger partial charge on any atom is -0.478 e. The second kappa shape index (κ2) is 5.73. The van der Waals surface area contributed by atoms with Crippen LogP contribution in [-0.2, 0) is 9.59 Å². The monoisotopic (exact) mass is 278 g/mol. The van der Waals surface area contributed by atoms with Crippen molar-refractivity contribution in [3.05, 3.63) is 35.7 Å². The molecule has 0 bridgehead atoms. The molecule has 1 amide bonds. The second-order valence-electron chi connectivity index (χ2n) is 4.62. The normalized spacial score (nSPS) is 16.0. The van der Waals surface area contributed by atoms with Crippen molar-refractivity contribution in [1.82, 2.24) is 4.90 Å². The Bertz CT molecular complexity index is 572. The Hall–Kier alpha value is -2.37. The third-order valence-electron chi connectivity index (χ3n) is 3.19. The van der Waals surface area contributed by atoms with Crippen molar-refractivity contribution in [3.63, 3.8) is 0 Å². The number of amides is 1. The molecule has 1 fully saturated rings. The van der Waals surface area contributed by atoms with Gasteiger partial charge in [-0.15, -0.1) is 0 Å². The maximum Gasteiger partial charge on any atom is 0.328 e. The molecular weight excluding hydrogens is 263 g/mol. The van der Waals surface area contributed by atoms with E-state index in [0.29, 0.717) is 24.3 Å². The molecule has 0 atom stereocenters. The maximum atomic E-state index is 14.0. The van der Waals surface area contributed by atoms with Crippen LogP contribution in [-0.4, -0.2) is 48.6 Å². The second-order valence-corrected chi connectivity index (χ2v) is 4.62. The van der Waals surface area contributed by atoms with Crippen molar-refractivity contribution in [2.45, 2.75) is 0 Å². The van der Waals surface area contributed by atoms with Crippen LogP contribution in [0.1, 0.15) is 5.56 Å². The van der Waals surface area contributed by atoms with Crippen molar-refractivity contribution >= 4 is 23.6 Å². The summed E-state index contributed by atoms with van der Waals surface area (Å²) >= 11 is 0. The van der Waals surface area contributed by atoms with Crippen LogP contribution in [0, 0.1) is 5.82 Å². The van der Waals surface area contributed by atoms with Gasteiger partial charge in [0.2, 0.25) is 5.91 Å². The van der Waals surface area contributed by atoms with E-state index in [4.69, 9.17) is 5.11 Å². The lowest BCUT2D eigenvalue weighted by molar-refractivity contribution is -0.131. The number of hydrogen-bond donors (Lipinski definition) is 1. The Morgan fingerprint density at radius 2 is 2.15 bits per heavy atom. The summed E-state index contributed by atoms with van der Waals surface area (Å²) in [5.74, 6) is -1.60. The number of anilines is 1. The Labute approximate surface area is 115 Å². The SMILES string of the molecule is CN1CCN(c2ccc(C=CC(=O)O)cc2F)CC1=O. The lowest BCUT2D eigenvalue weighted by atomic mass is 10.1. The highest BCUT2D eigenvalue weighted by atomic mass is 19.1. The molecule has 1 saturated heterocycles. The number of nitrogens with zero attached hydrogens (tertiary/aromatic N) is 2. The summed E-state index contributed by atoms with van der Waals surface area (Å²) in [7, 11) is 1.72. The molecule has 1 heterocycles. The molecule has 0 spiro atoms. The Morgan fingerprint density at radius 1 is 1.40 bits per heavy atom. The average Bonchev–Trinajstić information content (AvgIpc) is 2.40. The Balaban J connectivity index is 2.18. The molecule has 0 aliphatic carbocycles. The van der Waals surface area contributed by atoms with E-state index in [0.717, 1.165) is 6.08 Å². The van der Waals surface area contributed by atoms with Crippen LogP contribution in [0.15, 0.2) is 24.3 Å². The van der Waals surface area contributed by atoms with Crippen molar-refractivity contribution in [3.8, 4) is 0 Å². The predicted molar refractivity (Wildman–Crippen MR) is 72.9 cm³/mol. The summed E-state index contributed by atoms with van der Waals surface area (Å²) in [6.07, 6.45) is 2.28. The lowest BCUT2D eigenvalue weighted by Gasteiger charge is -2.33.